The van der Waals surface area contributed by atoms with E-state index in [0.717, 1.165) is 49.8 Å². The van der Waals surface area contributed by atoms with Crippen LogP contribution in [0, 0.1) is 11.3 Å². The third-order valence-electron chi connectivity index (χ3n) is 5.85. The van der Waals surface area contributed by atoms with Crippen LogP contribution in [0.3, 0.4) is 0 Å². The molecule has 0 radical (unpaired) electrons. The van der Waals surface area contributed by atoms with Crippen molar-refractivity contribution in [2.45, 2.75) is 65.3 Å². The molecule has 0 spiro atoms. The Kier molecular flexibility index (Phi) is 7.64. The first kappa shape index (κ1) is 20.4. The third-order valence-corrected chi connectivity index (χ3v) is 5.85. The van der Waals surface area contributed by atoms with Crippen molar-refractivity contribution in [2.75, 3.05) is 11.9 Å². The average molecular weight is 360 g/mol. The molecule has 2 rings (SSSR count). The van der Waals surface area contributed by atoms with E-state index in [-0.39, 0.29) is 17.7 Å². The Morgan fingerprint density at radius 3 is 2.46 bits per heavy atom. The summed E-state index contributed by atoms with van der Waals surface area (Å²) in [6.07, 6.45) is 6.93. The third kappa shape index (κ3) is 5.07. The quantitative estimate of drug-likeness (QED) is 0.663. The largest absolute Gasteiger partial charge is 0.352 e. The van der Waals surface area contributed by atoms with Crippen LogP contribution in [0.25, 0.3) is 0 Å². The molecule has 1 aromatic rings. The lowest BCUT2D eigenvalue weighted by atomic mass is 9.81. The molecule has 1 aromatic carbocycles. The molecule has 1 aliphatic rings. The van der Waals surface area contributed by atoms with Gasteiger partial charge in [0, 0.05) is 24.7 Å². The molecule has 0 saturated heterocycles. The minimum Gasteiger partial charge on any atom is -0.352 e. The van der Waals surface area contributed by atoms with E-state index in [1.54, 1.807) is 0 Å². The fraction of sp³-hybridized carbons (Fsp3) is 0.619. The molecule has 144 valence electrons. The van der Waals surface area contributed by atoms with E-state index in [1.165, 1.54) is 6.42 Å². The Balaban J connectivity index is 1.94. The summed E-state index contributed by atoms with van der Waals surface area (Å²) in [6.45, 7) is 4.78. The molecule has 4 N–H and O–H groups in total. The minimum absolute atomic E-state index is 0.00152. The summed E-state index contributed by atoms with van der Waals surface area (Å²) in [5, 5.41) is 6.04. The lowest BCUT2D eigenvalue weighted by Gasteiger charge is -2.28. The SMILES string of the molecule is CCC(CC)(CN)C(=O)NCc1cccc(NC(=O)C2CCCCC2)c1. The maximum absolute atomic E-state index is 12.5. The lowest BCUT2D eigenvalue weighted by molar-refractivity contribution is -0.131. The first-order valence-corrected chi connectivity index (χ1v) is 9.93. The average Bonchev–Trinajstić information content (AvgIpc) is 2.69. The number of hydrogen-bond donors (Lipinski definition) is 3. The van der Waals surface area contributed by atoms with Crippen molar-refractivity contribution in [3.63, 3.8) is 0 Å². The van der Waals surface area contributed by atoms with Crippen molar-refractivity contribution >= 4 is 17.5 Å². The van der Waals surface area contributed by atoms with E-state index in [4.69, 9.17) is 5.73 Å². The fourth-order valence-electron chi connectivity index (χ4n) is 3.69. The van der Waals surface area contributed by atoms with Crippen molar-refractivity contribution in [2.24, 2.45) is 17.1 Å². The minimum atomic E-state index is -0.493. The van der Waals surface area contributed by atoms with Gasteiger partial charge in [-0.3, -0.25) is 9.59 Å². The zero-order valence-corrected chi connectivity index (χ0v) is 16.1. The number of nitrogens with two attached hydrogens (primary N) is 1. The van der Waals surface area contributed by atoms with Crippen LogP contribution in [-0.4, -0.2) is 18.4 Å². The van der Waals surface area contributed by atoms with E-state index in [9.17, 15) is 9.59 Å². The molecule has 5 heteroatoms. The van der Waals surface area contributed by atoms with Crippen LogP contribution in [0.15, 0.2) is 24.3 Å². The van der Waals surface area contributed by atoms with Crippen molar-refractivity contribution in [3.8, 4) is 0 Å². The first-order valence-electron chi connectivity index (χ1n) is 9.93. The van der Waals surface area contributed by atoms with Crippen LogP contribution in [0.4, 0.5) is 5.69 Å². The fourth-order valence-corrected chi connectivity index (χ4v) is 3.69. The Bertz CT molecular complexity index is 597. The lowest BCUT2D eigenvalue weighted by Crippen LogP contribution is -2.45. The number of amides is 2. The first-order chi connectivity index (χ1) is 12.5. The van der Waals surface area contributed by atoms with Gasteiger partial charge in [0.15, 0.2) is 0 Å². The van der Waals surface area contributed by atoms with Crippen molar-refractivity contribution < 1.29 is 9.59 Å². The maximum Gasteiger partial charge on any atom is 0.227 e. The topological polar surface area (TPSA) is 84.2 Å². The van der Waals surface area contributed by atoms with Crippen molar-refractivity contribution in [3.05, 3.63) is 29.8 Å². The van der Waals surface area contributed by atoms with E-state index >= 15 is 0 Å². The summed E-state index contributed by atoms with van der Waals surface area (Å²) in [6, 6.07) is 7.70. The number of anilines is 1. The summed E-state index contributed by atoms with van der Waals surface area (Å²) in [5.41, 5.74) is 7.11. The molecule has 0 aromatic heterocycles. The van der Waals surface area contributed by atoms with E-state index in [1.807, 2.05) is 38.1 Å². The van der Waals surface area contributed by atoms with Gasteiger partial charge in [0.1, 0.15) is 0 Å². The molecule has 0 aliphatic heterocycles. The molecular weight excluding hydrogens is 326 g/mol. The van der Waals surface area contributed by atoms with Gasteiger partial charge in [-0.05, 0) is 43.4 Å². The molecule has 0 unspecified atom stereocenters. The molecule has 1 saturated carbocycles. The second-order valence-electron chi connectivity index (χ2n) is 7.40. The van der Waals surface area contributed by atoms with Crippen LogP contribution in [0.5, 0.6) is 0 Å². The van der Waals surface area contributed by atoms with Crippen LogP contribution >= 0.6 is 0 Å². The molecular formula is C21H33N3O2. The molecule has 26 heavy (non-hydrogen) atoms. The Hall–Kier alpha value is -1.88. The maximum atomic E-state index is 12.5. The van der Waals surface area contributed by atoms with Gasteiger partial charge in [0.05, 0.1) is 5.41 Å². The molecule has 1 aliphatic carbocycles. The summed E-state index contributed by atoms with van der Waals surface area (Å²) >= 11 is 0. The Morgan fingerprint density at radius 2 is 1.85 bits per heavy atom. The highest BCUT2D eigenvalue weighted by Gasteiger charge is 2.32. The number of carbonyl (C=O) groups is 2. The normalized spacial score (nSPS) is 15.5. The smallest absolute Gasteiger partial charge is 0.227 e. The monoisotopic (exact) mass is 359 g/mol. The number of nitrogens with one attached hydrogen (secondary N) is 2. The van der Waals surface area contributed by atoms with Crippen LogP contribution in [0.2, 0.25) is 0 Å². The molecule has 5 nitrogen and oxygen atoms in total. The van der Waals surface area contributed by atoms with Crippen LogP contribution in [-0.2, 0) is 16.1 Å². The van der Waals surface area contributed by atoms with Gasteiger partial charge in [-0.2, -0.15) is 0 Å². The summed E-state index contributed by atoms with van der Waals surface area (Å²) in [5.74, 6) is 0.248. The van der Waals surface area contributed by atoms with E-state index in [0.29, 0.717) is 13.1 Å². The van der Waals surface area contributed by atoms with Gasteiger partial charge in [0.25, 0.3) is 0 Å². The summed E-state index contributed by atoms with van der Waals surface area (Å²) in [7, 11) is 0. The van der Waals surface area contributed by atoms with Gasteiger partial charge >= 0.3 is 0 Å². The Morgan fingerprint density at radius 1 is 1.15 bits per heavy atom. The highest BCUT2D eigenvalue weighted by Crippen LogP contribution is 2.26. The predicted molar refractivity (Wildman–Crippen MR) is 106 cm³/mol. The second-order valence-corrected chi connectivity index (χ2v) is 7.40. The van der Waals surface area contributed by atoms with Crippen molar-refractivity contribution in [1.29, 1.82) is 0 Å². The van der Waals surface area contributed by atoms with Gasteiger partial charge in [0.2, 0.25) is 11.8 Å². The van der Waals surface area contributed by atoms with Gasteiger partial charge in [-0.1, -0.05) is 45.2 Å². The van der Waals surface area contributed by atoms with Crippen LogP contribution < -0.4 is 16.4 Å². The highest BCUT2D eigenvalue weighted by atomic mass is 16.2. The van der Waals surface area contributed by atoms with Gasteiger partial charge < -0.3 is 16.4 Å². The van der Waals surface area contributed by atoms with E-state index < -0.39 is 5.41 Å². The standard InChI is InChI=1S/C21H33N3O2/c1-3-21(4-2,15-22)20(26)23-14-16-9-8-12-18(13-16)24-19(25)17-10-6-5-7-11-17/h8-9,12-13,17H,3-7,10-11,14-15,22H2,1-2H3,(H,23,26)(H,24,25). The second kappa shape index (κ2) is 9.72. The Labute approximate surface area is 157 Å². The molecule has 0 atom stereocenters. The molecule has 0 bridgehead atoms. The zero-order valence-electron chi connectivity index (χ0n) is 16.1. The molecule has 0 heterocycles. The summed E-state index contributed by atoms with van der Waals surface area (Å²) < 4.78 is 0. The highest BCUT2D eigenvalue weighted by molar-refractivity contribution is 5.92. The van der Waals surface area contributed by atoms with Crippen molar-refractivity contribution in [1.82, 2.24) is 5.32 Å². The molecule has 1 fully saturated rings. The zero-order chi connectivity index (χ0) is 19.0. The van der Waals surface area contributed by atoms with Gasteiger partial charge in [-0.15, -0.1) is 0 Å². The summed E-state index contributed by atoms with van der Waals surface area (Å²) in [4.78, 5) is 24.9. The van der Waals surface area contributed by atoms with Crippen LogP contribution in [0.1, 0.15) is 64.4 Å². The number of hydrogen-bond acceptors (Lipinski definition) is 3. The predicted octanol–water partition coefficient (Wildman–Crippen LogP) is 3.59. The van der Waals surface area contributed by atoms with Gasteiger partial charge in [-0.25, -0.2) is 0 Å². The number of carbonyl (C=O) groups excluding carboxylic acids is 2. The number of rotatable bonds is 8. The number of benzene rings is 1. The van der Waals surface area contributed by atoms with E-state index in [2.05, 4.69) is 10.6 Å². The molecule has 2 amide bonds.